The molecule has 25 nitrogen and oxygen atoms in total. The number of ether oxygens (including phenoxy) is 4. The lowest BCUT2D eigenvalue weighted by Gasteiger charge is -2.50. The van der Waals surface area contributed by atoms with Crippen molar-refractivity contribution in [1.82, 2.24) is 30.5 Å². The van der Waals surface area contributed by atoms with E-state index in [1.807, 2.05) is 0 Å². The molecule has 0 bridgehead atoms. The summed E-state index contributed by atoms with van der Waals surface area (Å²) in [6.45, 7) is 16.2. The topological polar surface area (TPSA) is 327 Å². The Balaban J connectivity index is 1.51. The van der Waals surface area contributed by atoms with Crippen LogP contribution in [-0.4, -0.2) is 128 Å². The number of amides is 5. The first kappa shape index (κ1) is 51.8. The van der Waals surface area contributed by atoms with Gasteiger partial charge in [0.25, 0.3) is 17.9 Å². The van der Waals surface area contributed by atoms with E-state index < -0.39 is 87.7 Å². The number of thiazole rings is 1. The summed E-state index contributed by atoms with van der Waals surface area (Å²) in [5.41, 5.74) is -2.96. The maximum absolute atomic E-state index is 13.7. The normalized spacial score (nSPS) is 15.3. The Hall–Kier alpha value is -6.84. The van der Waals surface area contributed by atoms with Gasteiger partial charge in [0, 0.05) is 30.2 Å². The molecular formula is C39H51N9O16S2. The highest BCUT2D eigenvalue weighted by Crippen LogP contribution is 2.33. The van der Waals surface area contributed by atoms with Crippen molar-refractivity contribution < 1.29 is 74.9 Å². The fraction of sp³-hybridized carbons (Fsp3) is 0.462. The van der Waals surface area contributed by atoms with Crippen LogP contribution in [0.1, 0.15) is 67.5 Å². The Morgan fingerprint density at radius 1 is 1.02 bits per heavy atom. The molecule has 2 aromatic heterocycles. The molecule has 1 aromatic carbocycles. The zero-order valence-electron chi connectivity index (χ0n) is 37.1. The van der Waals surface area contributed by atoms with Crippen LogP contribution in [0.4, 0.5) is 25.3 Å². The van der Waals surface area contributed by atoms with Gasteiger partial charge in [0.15, 0.2) is 16.7 Å². The number of carbonyl (C=O) groups excluding carboxylic acids is 5. The van der Waals surface area contributed by atoms with Crippen LogP contribution < -0.4 is 26.0 Å². The fourth-order valence-corrected chi connectivity index (χ4v) is 6.61. The number of nitrogens with zero attached hydrogens (tertiary/aromatic N) is 5. The van der Waals surface area contributed by atoms with Crippen molar-refractivity contribution in [3.63, 3.8) is 0 Å². The van der Waals surface area contributed by atoms with E-state index >= 15 is 0 Å². The average Bonchev–Trinajstić information content (AvgIpc) is 3.82. The van der Waals surface area contributed by atoms with Gasteiger partial charge in [-0.15, -0.1) is 15.6 Å². The first-order valence-electron chi connectivity index (χ1n) is 19.7. The van der Waals surface area contributed by atoms with E-state index in [0.29, 0.717) is 29.2 Å². The molecule has 0 aliphatic carbocycles. The number of benzene rings is 1. The quantitative estimate of drug-likeness (QED) is 0.0177. The van der Waals surface area contributed by atoms with Crippen molar-refractivity contribution in [2.45, 2.75) is 97.2 Å². The molecule has 360 valence electrons. The molecule has 2 atom stereocenters. The van der Waals surface area contributed by atoms with Crippen molar-refractivity contribution in [3.8, 4) is 16.9 Å². The number of β-lactam (4-membered cyclic amide) rings is 1. The van der Waals surface area contributed by atoms with Gasteiger partial charge in [0.05, 0.1) is 5.54 Å². The van der Waals surface area contributed by atoms with Crippen LogP contribution in [0.5, 0.6) is 5.75 Å². The van der Waals surface area contributed by atoms with Gasteiger partial charge in [0.1, 0.15) is 41.9 Å². The molecule has 3 heterocycles. The number of anilines is 2. The summed E-state index contributed by atoms with van der Waals surface area (Å²) in [6.07, 6.45) is -0.579. The van der Waals surface area contributed by atoms with E-state index in [9.17, 15) is 42.3 Å². The van der Waals surface area contributed by atoms with E-state index in [2.05, 4.69) is 47.4 Å². The highest BCUT2D eigenvalue weighted by Gasteiger charge is 2.58. The van der Waals surface area contributed by atoms with Crippen LogP contribution in [0.3, 0.4) is 0 Å². The zero-order valence-corrected chi connectivity index (χ0v) is 38.7. The minimum atomic E-state index is -5.11. The fourth-order valence-electron chi connectivity index (χ4n) is 5.47. The predicted octanol–water partition coefficient (Wildman–Crippen LogP) is 4.10. The van der Waals surface area contributed by atoms with E-state index in [-0.39, 0.29) is 35.5 Å². The van der Waals surface area contributed by atoms with Gasteiger partial charge in [-0.05, 0) is 79.5 Å². The second-order valence-corrected chi connectivity index (χ2v) is 18.4. The van der Waals surface area contributed by atoms with Gasteiger partial charge >= 0.3 is 34.6 Å². The molecule has 0 radical (unpaired) electrons. The van der Waals surface area contributed by atoms with Crippen molar-refractivity contribution in [2.24, 2.45) is 5.16 Å². The van der Waals surface area contributed by atoms with Crippen LogP contribution in [0.25, 0.3) is 11.1 Å². The monoisotopic (exact) mass is 965 g/mol. The number of rotatable bonds is 20. The number of nitrogens with one attached hydrogen (secondary N) is 4. The Kier molecular flexibility index (Phi) is 16.8. The predicted molar refractivity (Wildman–Crippen MR) is 234 cm³/mol. The molecular weight excluding hydrogens is 915 g/mol. The Labute approximate surface area is 382 Å². The van der Waals surface area contributed by atoms with Crippen LogP contribution in [0.15, 0.2) is 53.7 Å². The van der Waals surface area contributed by atoms with Crippen LogP contribution >= 0.6 is 11.3 Å². The number of aromatic nitrogens is 3. The van der Waals surface area contributed by atoms with Crippen LogP contribution in [0, 0.1) is 0 Å². The summed E-state index contributed by atoms with van der Waals surface area (Å²) in [6, 6.07) is 4.76. The number of carbonyl (C=O) groups is 6. The van der Waals surface area contributed by atoms with Gasteiger partial charge in [-0.3, -0.25) is 29.5 Å². The molecule has 27 heteroatoms. The number of aliphatic carboxylic acids is 1. The Bertz CT molecular complexity index is 2420. The molecule has 1 aliphatic rings. The van der Waals surface area contributed by atoms with Gasteiger partial charge in [-0.2, -0.15) is 18.6 Å². The lowest BCUT2D eigenvalue weighted by atomic mass is 9.84. The summed E-state index contributed by atoms with van der Waals surface area (Å²) < 4.78 is 58.8. The summed E-state index contributed by atoms with van der Waals surface area (Å²) in [7, 11) is -5.11. The lowest BCUT2D eigenvalue weighted by Crippen LogP contribution is -2.76. The van der Waals surface area contributed by atoms with E-state index in [4.69, 9.17) is 28.3 Å². The molecule has 4 rings (SSSR count). The van der Waals surface area contributed by atoms with E-state index in [0.717, 1.165) is 11.3 Å². The summed E-state index contributed by atoms with van der Waals surface area (Å²) >= 11 is 0.834. The standard InChI is InChI=1S/C39H51N9O16S2/c1-10-18-59-35(54)43-29-24(19-47(45-29)17-11-16-40-34(53)61-37(2,3)4)22-12-14-23(15-13-22)60-20-26(32(51)52)63-46-27(25-21-65-33(41-25)44-36(55)62-38(5,6)7)30(49)42-28-31(50)48(39(28,8)9)64-66(56,57)58/h10,12-15,19,21,26,28H,1,11,16-18,20H2,2-9H3,(H,40,53)(H,42,49)(H,51,52)(H,41,44,55)(H,43,45,54)(H,56,57,58)/b46-27-/t26?,28-/m1/s1. The molecule has 66 heavy (non-hydrogen) atoms. The number of aryl methyl sites for hydroxylation is 1. The van der Waals surface area contributed by atoms with Crippen molar-refractivity contribution in [2.75, 3.05) is 30.4 Å². The van der Waals surface area contributed by atoms with Crippen LogP contribution in [-0.2, 0) is 54.7 Å². The molecule has 3 aromatic rings. The first-order valence-corrected chi connectivity index (χ1v) is 22.0. The molecule has 5 amide bonds. The summed E-state index contributed by atoms with van der Waals surface area (Å²) in [4.78, 5) is 85.1. The number of carboxylic acid groups (broad SMARTS) is 1. The van der Waals surface area contributed by atoms with Crippen molar-refractivity contribution in [1.29, 1.82) is 0 Å². The highest BCUT2D eigenvalue weighted by atomic mass is 32.3. The number of hydrogen-bond acceptors (Lipinski definition) is 18. The Morgan fingerprint density at radius 2 is 1.67 bits per heavy atom. The maximum Gasteiger partial charge on any atom is 0.418 e. The Morgan fingerprint density at radius 3 is 2.26 bits per heavy atom. The number of alkyl carbamates (subject to hydrolysis) is 1. The molecule has 6 N–H and O–H groups in total. The SMILES string of the molecule is C=CCOC(=O)Nc1nn(CCCNC(=O)OC(C)(C)C)cc1-c1ccc(OCC(O/N=C(\C(=O)N[C@@H]2C(=O)N(OS(=O)(=O)O)C2(C)C)c2csc(NC(=O)OC(C)(C)C)n2)C(=O)O)cc1. The van der Waals surface area contributed by atoms with Gasteiger partial charge in [-0.25, -0.2) is 24.2 Å². The third-order valence-corrected chi connectivity index (χ3v) is 9.45. The highest BCUT2D eigenvalue weighted by molar-refractivity contribution is 7.80. The van der Waals surface area contributed by atoms with E-state index in [1.165, 1.54) is 37.4 Å². The minimum absolute atomic E-state index is 0.0548. The molecule has 1 fully saturated rings. The molecule has 0 spiro atoms. The maximum atomic E-state index is 13.7. The second-order valence-electron chi connectivity index (χ2n) is 16.5. The molecule has 0 saturated carbocycles. The lowest BCUT2D eigenvalue weighted by molar-refractivity contribution is -0.218. The van der Waals surface area contributed by atoms with Crippen molar-refractivity contribution >= 4 is 74.5 Å². The van der Waals surface area contributed by atoms with Gasteiger partial charge < -0.3 is 39.5 Å². The third kappa shape index (κ3) is 15.4. The third-order valence-electron chi connectivity index (χ3n) is 8.35. The van der Waals surface area contributed by atoms with Gasteiger partial charge in [-0.1, -0.05) is 29.9 Å². The van der Waals surface area contributed by atoms with Crippen molar-refractivity contribution in [3.05, 3.63) is 54.2 Å². The molecule has 1 aliphatic heterocycles. The second kappa shape index (κ2) is 21.4. The zero-order chi connectivity index (χ0) is 49.2. The minimum Gasteiger partial charge on any atom is -0.489 e. The summed E-state index contributed by atoms with van der Waals surface area (Å²) in [5.74, 6) is -3.47. The number of carboxylic acids is 1. The smallest absolute Gasteiger partial charge is 0.418 e. The van der Waals surface area contributed by atoms with Crippen LogP contribution in [0.2, 0.25) is 0 Å². The number of oxime groups is 1. The van der Waals surface area contributed by atoms with Gasteiger partial charge in [0.2, 0.25) is 0 Å². The summed E-state index contributed by atoms with van der Waals surface area (Å²) in [5, 5.41) is 29.8. The molecule has 1 unspecified atom stereocenters. The largest absolute Gasteiger partial charge is 0.489 e. The number of hydroxylamine groups is 2. The van der Waals surface area contributed by atoms with E-state index in [1.54, 1.807) is 64.6 Å². The first-order chi connectivity index (χ1) is 30.7. The molecule has 1 saturated heterocycles. The number of hydrogen-bond donors (Lipinski definition) is 6. The average molecular weight is 966 g/mol.